The van der Waals surface area contributed by atoms with Gasteiger partial charge in [-0.15, -0.1) is 0 Å². The molecule has 0 N–H and O–H groups in total. The first-order chi connectivity index (χ1) is 9.38. The fourth-order valence-corrected chi connectivity index (χ4v) is 1.90. The monoisotopic (exact) mass is 293 g/mol. The van der Waals surface area contributed by atoms with Crippen LogP contribution in [0.15, 0.2) is 36.9 Å². The minimum Gasteiger partial charge on any atom is -0.240 e. The van der Waals surface area contributed by atoms with Crippen LogP contribution < -0.4 is 0 Å². The van der Waals surface area contributed by atoms with Crippen molar-refractivity contribution < 1.29 is 4.39 Å². The highest BCUT2D eigenvalue weighted by Gasteiger charge is 2.29. The highest BCUT2D eigenvalue weighted by Crippen LogP contribution is 2.31. The van der Waals surface area contributed by atoms with Crippen LogP contribution in [0.1, 0.15) is 26.3 Å². The van der Waals surface area contributed by atoms with Crippen LogP contribution in [0.4, 0.5) is 4.39 Å². The van der Waals surface area contributed by atoms with Crippen LogP contribution in [-0.2, 0) is 0 Å². The van der Waals surface area contributed by atoms with Gasteiger partial charge in [0.2, 0.25) is 0 Å². The molecule has 1 aromatic carbocycles. The highest BCUT2D eigenvalue weighted by molar-refractivity contribution is 6.30. The van der Waals surface area contributed by atoms with Crippen LogP contribution in [0.2, 0.25) is 5.02 Å². The van der Waals surface area contributed by atoms with Gasteiger partial charge in [-0.3, -0.25) is 0 Å². The maximum absolute atomic E-state index is 14.7. The molecule has 3 nitrogen and oxygen atoms in total. The number of rotatable bonds is 3. The van der Waals surface area contributed by atoms with Crippen molar-refractivity contribution in [2.75, 3.05) is 0 Å². The van der Waals surface area contributed by atoms with Crippen LogP contribution in [-0.4, -0.2) is 20.9 Å². The van der Waals surface area contributed by atoms with Crippen molar-refractivity contribution in [1.82, 2.24) is 14.8 Å². The van der Waals surface area contributed by atoms with Crippen LogP contribution in [0.25, 0.3) is 11.8 Å². The van der Waals surface area contributed by atoms with Crippen molar-refractivity contribution in [3.05, 3.63) is 47.5 Å². The Labute approximate surface area is 123 Å². The van der Waals surface area contributed by atoms with Gasteiger partial charge < -0.3 is 0 Å². The molecule has 0 aliphatic rings. The lowest BCUT2D eigenvalue weighted by molar-refractivity contribution is 0.212. The maximum Gasteiger partial charge on any atom is 0.147 e. The van der Waals surface area contributed by atoms with Gasteiger partial charge >= 0.3 is 0 Å². The average Bonchev–Trinajstić information content (AvgIpc) is 2.90. The number of hydrogen-bond donors (Lipinski definition) is 0. The van der Waals surface area contributed by atoms with E-state index in [9.17, 15) is 4.39 Å². The topological polar surface area (TPSA) is 30.7 Å². The molecule has 0 radical (unpaired) electrons. The molecule has 0 bridgehead atoms. The summed E-state index contributed by atoms with van der Waals surface area (Å²) < 4.78 is 16.2. The van der Waals surface area contributed by atoms with Crippen LogP contribution >= 0.6 is 11.6 Å². The first-order valence-electron chi connectivity index (χ1n) is 6.34. The minimum atomic E-state index is -1.17. The van der Waals surface area contributed by atoms with Gasteiger partial charge in [-0.25, -0.2) is 14.1 Å². The maximum atomic E-state index is 14.7. The number of halogens is 2. The fourth-order valence-electron chi connectivity index (χ4n) is 1.77. The summed E-state index contributed by atoms with van der Waals surface area (Å²) in [5, 5.41) is 4.69. The van der Waals surface area contributed by atoms with Gasteiger partial charge in [0.25, 0.3) is 0 Å². The molecule has 1 atom stereocenters. The molecule has 0 saturated carbocycles. The Kier molecular flexibility index (Phi) is 4.23. The summed E-state index contributed by atoms with van der Waals surface area (Å²) in [6.07, 6.45) is 3.49. The Bertz CT molecular complexity index is 583. The van der Waals surface area contributed by atoms with E-state index in [0.29, 0.717) is 10.7 Å². The van der Waals surface area contributed by atoms with Crippen molar-refractivity contribution in [1.29, 1.82) is 0 Å². The van der Waals surface area contributed by atoms with Crippen molar-refractivity contribution >= 4 is 23.4 Å². The molecule has 1 heterocycles. The van der Waals surface area contributed by atoms with Crippen LogP contribution in [0.5, 0.6) is 0 Å². The molecule has 0 aliphatic heterocycles. The summed E-state index contributed by atoms with van der Waals surface area (Å²) in [6.45, 7) is 5.55. The van der Waals surface area contributed by atoms with Crippen molar-refractivity contribution in [2.45, 2.75) is 26.9 Å². The highest BCUT2D eigenvalue weighted by atomic mass is 35.5. The smallest absolute Gasteiger partial charge is 0.147 e. The van der Waals surface area contributed by atoms with Crippen LogP contribution in [0, 0.1) is 5.41 Å². The molecule has 106 valence electrons. The molecule has 0 spiro atoms. The summed E-state index contributed by atoms with van der Waals surface area (Å²) >= 11 is 5.86. The normalized spacial score (nSPS) is 14.3. The number of alkyl halides is 1. The molecule has 2 rings (SSSR count). The number of nitrogens with zero attached hydrogens (tertiary/aromatic N) is 3. The van der Waals surface area contributed by atoms with E-state index in [0.717, 1.165) is 5.56 Å². The van der Waals surface area contributed by atoms with Gasteiger partial charge in [-0.05, 0) is 29.2 Å². The number of benzene rings is 1. The first kappa shape index (κ1) is 14.7. The third-order valence-electron chi connectivity index (χ3n) is 2.89. The number of allylic oxidation sites excluding steroid dienone is 1. The molecule has 5 heteroatoms. The van der Waals surface area contributed by atoms with Crippen molar-refractivity contribution in [2.24, 2.45) is 5.41 Å². The van der Waals surface area contributed by atoms with Gasteiger partial charge in [-0.2, -0.15) is 5.10 Å². The van der Waals surface area contributed by atoms with E-state index in [-0.39, 0.29) is 0 Å². The summed E-state index contributed by atoms with van der Waals surface area (Å²) in [7, 11) is 0. The molecule has 0 amide bonds. The Balaban J connectivity index is 2.44. The number of hydrogen-bond acceptors (Lipinski definition) is 2. The molecule has 1 aromatic heterocycles. The lowest BCUT2D eigenvalue weighted by Crippen LogP contribution is -2.26. The molecule has 0 unspecified atom stereocenters. The standard InChI is InChI=1S/C15H17ClFN3/c1-15(2,3)14(17)13(20-10-18-9-19-20)8-11-4-6-12(16)7-5-11/h4-10,14H,1-3H3/b13-8+/t14-/m1/s1. The molecule has 20 heavy (non-hydrogen) atoms. The fraction of sp³-hybridized carbons (Fsp3) is 0.333. The van der Waals surface area contributed by atoms with Crippen molar-refractivity contribution in [3.8, 4) is 0 Å². The van der Waals surface area contributed by atoms with E-state index in [1.165, 1.54) is 17.3 Å². The number of aromatic nitrogens is 3. The van der Waals surface area contributed by atoms with E-state index < -0.39 is 11.6 Å². The predicted molar refractivity (Wildman–Crippen MR) is 80.0 cm³/mol. The predicted octanol–water partition coefficient (Wildman–Crippen LogP) is 4.31. The Morgan fingerprint density at radius 3 is 2.45 bits per heavy atom. The largest absolute Gasteiger partial charge is 0.240 e. The van der Waals surface area contributed by atoms with E-state index in [2.05, 4.69) is 10.1 Å². The molecular formula is C15H17ClFN3. The summed E-state index contributed by atoms with van der Waals surface area (Å²) in [4.78, 5) is 3.89. The van der Waals surface area contributed by atoms with Gasteiger partial charge in [0, 0.05) is 5.02 Å². The average molecular weight is 294 g/mol. The first-order valence-corrected chi connectivity index (χ1v) is 6.72. The third-order valence-corrected chi connectivity index (χ3v) is 3.14. The second-order valence-corrected chi connectivity index (χ2v) is 6.13. The van der Waals surface area contributed by atoms with Crippen LogP contribution in [0.3, 0.4) is 0 Å². The van der Waals surface area contributed by atoms with Gasteiger partial charge in [0.05, 0.1) is 5.70 Å². The zero-order chi connectivity index (χ0) is 14.8. The third kappa shape index (κ3) is 3.45. The van der Waals surface area contributed by atoms with E-state index in [1.54, 1.807) is 18.2 Å². The quantitative estimate of drug-likeness (QED) is 0.844. The molecule has 0 saturated heterocycles. The second kappa shape index (κ2) is 5.75. The minimum absolute atomic E-state index is 0.456. The lowest BCUT2D eigenvalue weighted by Gasteiger charge is -2.25. The van der Waals surface area contributed by atoms with E-state index >= 15 is 0 Å². The summed E-state index contributed by atoms with van der Waals surface area (Å²) in [5.74, 6) is 0. The van der Waals surface area contributed by atoms with Gasteiger partial charge in [-0.1, -0.05) is 44.5 Å². The Morgan fingerprint density at radius 1 is 1.30 bits per heavy atom. The molecule has 0 fully saturated rings. The lowest BCUT2D eigenvalue weighted by atomic mass is 9.88. The zero-order valence-electron chi connectivity index (χ0n) is 11.7. The van der Waals surface area contributed by atoms with E-state index in [1.807, 2.05) is 32.9 Å². The van der Waals surface area contributed by atoms with E-state index in [4.69, 9.17) is 11.6 Å². The molecular weight excluding hydrogens is 277 g/mol. The molecule has 2 aromatic rings. The molecule has 0 aliphatic carbocycles. The summed E-state index contributed by atoms with van der Waals surface area (Å²) in [6, 6.07) is 7.23. The SMILES string of the molecule is CC(C)(C)[C@H](F)/C(=C\c1ccc(Cl)cc1)n1cncn1. The van der Waals surface area contributed by atoms with Gasteiger partial charge in [0.15, 0.2) is 0 Å². The van der Waals surface area contributed by atoms with Crippen molar-refractivity contribution in [3.63, 3.8) is 0 Å². The Hall–Kier alpha value is -1.68. The second-order valence-electron chi connectivity index (χ2n) is 5.69. The van der Waals surface area contributed by atoms with Gasteiger partial charge in [0.1, 0.15) is 18.8 Å². The summed E-state index contributed by atoms with van der Waals surface area (Å²) in [5.41, 5.74) is 0.800. The zero-order valence-corrected chi connectivity index (χ0v) is 12.5. The Morgan fingerprint density at radius 2 is 1.95 bits per heavy atom.